The van der Waals surface area contributed by atoms with Gasteiger partial charge in [0.15, 0.2) is 12.1 Å². The molecule has 5 heteroatoms. The Morgan fingerprint density at radius 1 is 1.39 bits per heavy atom. The zero-order valence-electron chi connectivity index (χ0n) is 10.3. The number of hydrogen-bond acceptors (Lipinski definition) is 5. The second-order valence-electron chi connectivity index (χ2n) is 4.33. The van der Waals surface area contributed by atoms with E-state index in [1.807, 2.05) is 0 Å². The quantitative estimate of drug-likeness (QED) is 0.702. The molecular formula is C13H16O5. The van der Waals surface area contributed by atoms with E-state index in [2.05, 4.69) is 0 Å². The number of ether oxygens (including phenoxy) is 3. The van der Waals surface area contributed by atoms with E-state index >= 15 is 0 Å². The van der Waals surface area contributed by atoms with Crippen LogP contribution >= 0.6 is 0 Å². The van der Waals surface area contributed by atoms with E-state index in [-0.39, 0.29) is 18.0 Å². The molecule has 0 atom stereocenters. The number of hydrogen-bond donors (Lipinski definition) is 0. The third kappa shape index (κ3) is 3.27. The number of rotatable bonds is 4. The van der Waals surface area contributed by atoms with Crippen LogP contribution in [-0.4, -0.2) is 36.9 Å². The predicted molar refractivity (Wildman–Crippen MR) is 62.7 cm³/mol. The third-order valence-corrected chi connectivity index (χ3v) is 2.85. The van der Waals surface area contributed by atoms with Gasteiger partial charge in [-0.2, -0.15) is 0 Å². The minimum absolute atomic E-state index is 0.105. The van der Waals surface area contributed by atoms with Gasteiger partial charge in [0.05, 0.1) is 13.2 Å². The molecule has 0 amide bonds. The molecule has 0 aromatic heterocycles. The van der Waals surface area contributed by atoms with Crippen molar-refractivity contribution < 1.29 is 23.8 Å². The molecule has 5 nitrogen and oxygen atoms in total. The van der Waals surface area contributed by atoms with Gasteiger partial charge < -0.3 is 14.2 Å². The van der Waals surface area contributed by atoms with Crippen LogP contribution < -0.4 is 0 Å². The van der Waals surface area contributed by atoms with E-state index in [4.69, 9.17) is 14.2 Å². The smallest absolute Gasteiger partial charge is 0.303 e. The summed E-state index contributed by atoms with van der Waals surface area (Å²) in [4.78, 5) is 22.3. The molecule has 0 spiro atoms. The van der Waals surface area contributed by atoms with E-state index in [9.17, 15) is 9.59 Å². The maximum absolute atomic E-state index is 11.2. The Balaban J connectivity index is 2.00. The van der Waals surface area contributed by atoms with Gasteiger partial charge in [-0.15, -0.1) is 0 Å². The lowest BCUT2D eigenvalue weighted by atomic mass is 9.92. The van der Waals surface area contributed by atoms with Gasteiger partial charge in [-0.25, -0.2) is 0 Å². The fourth-order valence-electron chi connectivity index (χ4n) is 2.03. The van der Waals surface area contributed by atoms with Crippen LogP contribution in [-0.2, 0) is 23.8 Å². The maximum atomic E-state index is 11.2. The third-order valence-electron chi connectivity index (χ3n) is 2.85. The van der Waals surface area contributed by atoms with Gasteiger partial charge in [0.25, 0.3) is 0 Å². The lowest BCUT2D eigenvalue weighted by Crippen LogP contribution is -2.33. The van der Waals surface area contributed by atoms with Crippen LogP contribution in [0.1, 0.15) is 19.8 Å². The van der Waals surface area contributed by atoms with Crippen molar-refractivity contribution in [3.63, 3.8) is 0 Å². The Morgan fingerprint density at radius 3 is 2.56 bits per heavy atom. The van der Waals surface area contributed by atoms with Crippen LogP contribution in [0.5, 0.6) is 0 Å². The molecule has 0 unspecified atom stereocenters. The van der Waals surface area contributed by atoms with Crippen LogP contribution in [0.2, 0.25) is 0 Å². The summed E-state index contributed by atoms with van der Waals surface area (Å²) < 4.78 is 16.0. The van der Waals surface area contributed by atoms with Gasteiger partial charge in [-0.3, -0.25) is 9.59 Å². The summed E-state index contributed by atoms with van der Waals surface area (Å²) in [6.45, 7) is 2.53. The Kier molecular flexibility index (Phi) is 3.93. The molecule has 98 valence electrons. The van der Waals surface area contributed by atoms with Crippen molar-refractivity contribution in [2.24, 2.45) is 0 Å². The van der Waals surface area contributed by atoms with Crippen LogP contribution in [0.3, 0.4) is 0 Å². The number of carbonyl (C=O) groups is 2. The normalized spacial score (nSPS) is 22.4. The SMILES string of the molecule is CC(=O)OC1(CCC2OCCO2)C=CC(=O)C=C1. The van der Waals surface area contributed by atoms with Gasteiger partial charge in [-0.05, 0) is 30.7 Å². The molecule has 2 aliphatic rings. The fourth-order valence-corrected chi connectivity index (χ4v) is 2.03. The second kappa shape index (κ2) is 5.46. The Morgan fingerprint density at radius 2 is 2.00 bits per heavy atom. The largest absolute Gasteiger partial charge is 0.451 e. The zero-order chi connectivity index (χ0) is 13.0. The summed E-state index contributed by atoms with van der Waals surface area (Å²) >= 11 is 0. The molecule has 18 heavy (non-hydrogen) atoms. The van der Waals surface area contributed by atoms with E-state index in [0.717, 1.165) is 0 Å². The number of carbonyl (C=O) groups excluding carboxylic acids is 2. The topological polar surface area (TPSA) is 61.8 Å². The summed E-state index contributed by atoms with van der Waals surface area (Å²) in [5, 5.41) is 0. The molecule has 0 N–H and O–H groups in total. The van der Waals surface area contributed by atoms with Crippen molar-refractivity contribution in [3.05, 3.63) is 24.3 Å². The molecule has 0 saturated carbocycles. The summed E-state index contributed by atoms with van der Waals surface area (Å²) in [7, 11) is 0. The van der Waals surface area contributed by atoms with Crippen molar-refractivity contribution in [2.75, 3.05) is 13.2 Å². The number of allylic oxidation sites excluding steroid dienone is 2. The highest BCUT2D eigenvalue weighted by atomic mass is 16.7. The van der Waals surface area contributed by atoms with Crippen molar-refractivity contribution >= 4 is 11.8 Å². The predicted octanol–water partition coefficient (Wildman–Crippen LogP) is 1.14. The summed E-state index contributed by atoms with van der Waals surface area (Å²) in [5.41, 5.74) is -0.852. The molecule has 0 aromatic rings. The first-order valence-electron chi connectivity index (χ1n) is 5.95. The number of ketones is 1. The molecule has 0 radical (unpaired) electrons. The van der Waals surface area contributed by atoms with E-state index < -0.39 is 5.60 Å². The maximum Gasteiger partial charge on any atom is 0.303 e. The van der Waals surface area contributed by atoms with Crippen molar-refractivity contribution in [1.29, 1.82) is 0 Å². The van der Waals surface area contributed by atoms with E-state index in [1.165, 1.54) is 19.1 Å². The minimum atomic E-state index is -0.852. The summed E-state index contributed by atoms with van der Waals surface area (Å²) in [5.74, 6) is -0.488. The van der Waals surface area contributed by atoms with Gasteiger partial charge in [0, 0.05) is 13.3 Å². The summed E-state index contributed by atoms with van der Waals surface area (Å²) in [6, 6.07) is 0. The van der Waals surface area contributed by atoms with Crippen molar-refractivity contribution in [1.82, 2.24) is 0 Å². The Bertz CT molecular complexity index is 374. The van der Waals surface area contributed by atoms with Crippen LogP contribution in [0.4, 0.5) is 0 Å². The van der Waals surface area contributed by atoms with Crippen molar-refractivity contribution in [3.8, 4) is 0 Å². The van der Waals surface area contributed by atoms with Gasteiger partial charge in [0.2, 0.25) is 0 Å². The summed E-state index contributed by atoms with van der Waals surface area (Å²) in [6.07, 6.45) is 6.95. The Hall–Kier alpha value is -1.46. The highest BCUT2D eigenvalue weighted by Gasteiger charge is 2.32. The van der Waals surface area contributed by atoms with Crippen molar-refractivity contribution in [2.45, 2.75) is 31.7 Å². The van der Waals surface area contributed by atoms with E-state index in [1.54, 1.807) is 12.2 Å². The van der Waals surface area contributed by atoms with E-state index in [0.29, 0.717) is 26.1 Å². The minimum Gasteiger partial charge on any atom is -0.451 e. The molecule has 2 rings (SSSR count). The molecular weight excluding hydrogens is 236 g/mol. The molecule has 0 aromatic carbocycles. The average molecular weight is 252 g/mol. The lowest BCUT2D eigenvalue weighted by molar-refractivity contribution is -0.151. The van der Waals surface area contributed by atoms with Gasteiger partial charge in [0.1, 0.15) is 5.60 Å². The molecule has 0 bridgehead atoms. The first-order valence-corrected chi connectivity index (χ1v) is 5.95. The Labute approximate surface area is 105 Å². The molecule has 1 heterocycles. The first-order chi connectivity index (χ1) is 8.60. The number of esters is 1. The van der Waals surface area contributed by atoms with Gasteiger partial charge >= 0.3 is 5.97 Å². The average Bonchev–Trinajstić information content (AvgIpc) is 2.83. The molecule has 1 fully saturated rings. The second-order valence-corrected chi connectivity index (χ2v) is 4.33. The van der Waals surface area contributed by atoms with Gasteiger partial charge in [-0.1, -0.05) is 0 Å². The first kappa shape index (κ1) is 13.0. The molecule has 1 aliphatic carbocycles. The zero-order valence-corrected chi connectivity index (χ0v) is 10.3. The lowest BCUT2D eigenvalue weighted by Gasteiger charge is -2.29. The van der Waals surface area contributed by atoms with Crippen LogP contribution in [0.25, 0.3) is 0 Å². The van der Waals surface area contributed by atoms with Crippen LogP contribution in [0.15, 0.2) is 24.3 Å². The molecule has 1 aliphatic heterocycles. The van der Waals surface area contributed by atoms with Crippen LogP contribution in [0, 0.1) is 0 Å². The highest BCUT2D eigenvalue weighted by Crippen LogP contribution is 2.27. The molecule has 1 saturated heterocycles. The highest BCUT2D eigenvalue weighted by molar-refractivity contribution is 6.00. The monoisotopic (exact) mass is 252 g/mol. The fraction of sp³-hybridized carbons (Fsp3) is 0.538. The standard InChI is InChI=1S/C13H16O5/c1-10(14)18-13(5-2-11(15)3-6-13)7-4-12-16-8-9-17-12/h2-3,5-6,12H,4,7-9H2,1H3.